The van der Waals surface area contributed by atoms with Gasteiger partial charge in [0.2, 0.25) is 11.6 Å². The molecule has 8 heteroatoms. The van der Waals surface area contributed by atoms with Gasteiger partial charge in [0.15, 0.2) is 6.29 Å². The van der Waals surface area contributed by atoms with E-state index in [2.05, 4.69) is 9.47 Å². The van der Waals surface area contributed by atoms with Gasteiger partial charge in [-0.05, 0) is 0 Å². The van der Waals surface area contributed by atoms with Crippen LogP contribution in [0.1, 0.15) is 13.8 Å². The van der Waals surface area contributed by atoms with Crippen molar-refractivity contribution in [3.63, 3.8) is 0 Å². The Labute approximate surface area is 96.4 Å². The molecule has 98 valence electrons. The Morgan fingerprint density at radius 3 is 2.18 bits per heavy atom. The van der Waals surface area contributed by atoms with Crippen molar-refractivity contribution in [2.24, 2.45) is 0 Å². The molecule has 0 saturated carbocycles. The van der Waals surface area contributed by atoms with E-state index in [1.807, 2.05) is 0 Å². The Kier molecular flexibility index (Phi) is 3.84. The first-order valence-electron chi connectivity index (χ1n) is 4.83. The van der Waals surface area contributed by atoms with E-state index in [4.69, 9.17) is 0 Å². The highest BCUT2D eigenvalue weighted by Crippen LogP contribution is 2.30. The standard InChI is InChI=1S/C9H14O8/c1-3(10)7(14)16-9(2)6(13)4(11)5(12)8(15)17-9/h4-6,8,11-13,15H,1-2H3/t4-,5+,6+,8?,9-/m1/s1. The number of esters is 1. The molecule has 4 N–H and O–H groups in total. The highest BCUT2D eigenvalue weighted by molar-refractivity contribution is 6.32. The van der Waals surface area contributed by atoms with Gasteiger partial charge >= 0.3 is 5.97 Å². The van der Waals surface area contributed by atoms with Gasteiger partial charge in [0.05, 0.1) is 0 Å². The summed E-state index contributed by atoms with van der Waals surface area (Å²) in [4.78, 5) is 21.8. The van der Waals surface area contributed by atoms with Gasteiger partial charge in [-0.25, -0.2) is 4.79 Å². The summed E-state index contributed by atoms with van der Waals surface area (Å²) in [5.41, 5.74) is 0. The lowest BCUT2D eigenvalue weighted by atomic mass is 9.97. The third kappa shape index (κ3) is 2.61. The minimum atomic E-state index is -2.11. The van der Waals surface area contributed by atoms with Gasteiger partial charge in [0.25, 0.3) is 0 Å². The second kappa shape index (κ2) is 4.67. The summed E-state index contributed by atoms with van der Waals surface area (Å²) in [6.45, 7) is 2.00. The van der Waals surface area contributed by atoms with Crippen LogP contribution in [0.25, 0.3) is 0 Å². The zero-order valence-corrected chi connectivity index (χ0v) is 9.23. The molecule has 1 unspecified atom stereocenters. The van der Waals surface area contributed by atoms with E-state index in [9.17, 15) is 30.0 Å². The van der Waals surface area contributed by atoms with Crippen LogP contribution in [0.2, 0.25) is 0 Å². The van der Waals surface area contributed by atoms with Gasteiger partial charge in [0, 0.05) is 13.8 Å². The van der Waals surface area contributed by atoms with Crippen LogP contribution in [0.3, 0.4) is 0 Å². The van der Waals surface area contributed by atoms with E-state index < -0.39 is 42.1 Å². The number of ketones is 1. The molecule has 1 fully saturated rings. The monoisotopic (exact) mass is 250 g/mol. The Balaban J connectivity index is 2.87. The molecular weight excluding hydrogens is 236 g/mol. The largest absolute Gasteiger partial charge is 0.425 e. The first-order valence-corrected chi connectivity index (χ1v) is 4.83. The maximum absolute atomic E-state index is 11.1. The minimum Gasteiger partial charge on any atom is -0.425 e. The lowest BCUT2D eigenvalue weighted by Crippen LogP contribution is -2.64. The molecule has 5 atom stereocenters. The van der Waals surface area contributed by atoms with Crippen LogP contribution >= 0.6 is 0 Å². The molecule has 0 aromatic rings. The molecule has 0 aliphatic carbocycles. The smallest absolute Gasteiger partial charge is 0.376 e. The lowest BCUT2D eigenvalue weighted by molar-refractivity contribution is -0.376. The van der Waals surface area contributed by atoms with Crippen LogP contribution in [0, 0.1) is 0 Å². The van der Waals surface area contributed by atoms with Crippen molar-refractivity contribution in [2.45, 2.75) is 44.2 Å². The summed E-state index contributed by atoms with van der Waals surface area (Å²) in [5, 5.41) is 37.4. The molecule has 0 bridgehead atoms. The fourth-order valence-corrected chi connectivity index (χ4v) is 1.39. The Morgan fingerprint density at radius 1 is 1.18 bits per heavy atom. The van der Waals surface area contributed by atoms with Crippen LogP contribution in [0.4, 0.5) is 0 Å². The van der Waals surface area contributed by atoms with Crippen molar-refractivity contribution in [3.05, 3.63) is 0 Å². The topological polar surface area (TPSA) is 134 Å². The fraction of sp³-hybridized carbons (Fsp3) is 0.778. The number of ether oxygens (including phenoxy) is 2. The van der Waals surface area contributed by atoms with Crippen LogP contribution in [-0.4, -0.2) is 62.6 Å². The van der Waals surface area contributed by atoms with Crippen LogP contribution in [0.5, 0.6) is 0 Å². The second-order valence-corrected chi connectivity index (χ2v) is 3.90. The number of aliphatic hydroxyl groups is 4. The molecule has 0 amide bonds. The zero-order chi connectivity index (χ0) is 13.4. The summed E-state index contributed by atoms with van der Waals surface area (Å²) in [6.07, 6.45) is -7.17. The van der Waals surface area contributed by atoms with E-state index in [-0.39, 0.29) is 0 Å². The Bertz CT molecular complexity index is 329. The molecule has 1 saturated heterocycles. The zero-order valence-electron chi connectivity index (χ0n) is 9.23. The van der Waals surface area contributed by atoms with Crippen molar-refractivity contribution in [1.29, 1.82) is 0 Å². The maximum Gasteiger partial charge on any atom is 0.376 e. The molecule has 1 aliphatic heterocycles. The summed E-state index contributed by atoms with van der Waals surface area (Å²) < 4.78 is 9.24. The number of hydrogen-bond donors (Lipinski definition) is 4. The van der Waals surface area contributed by atoms with Gasteiger partial charge in [-0.3, -0.25) is 4.79 Å². The molecule has 0 spiro atoms. The second-order valence-electron chi connectivity index (χ2n) is 3.90. The van der Waals surface area contributed by atoms with Crippen LogP contribution < -0.4 is 0 Å². The summed E-state index contributed by atoms with van der Waals surface area (Å²) in [7, 11) is 0. The van der Waals surface area contributed by atoms with E-state index in [1.165, 1.54) is 0 Å². The van der Waals surface area contributed by atoms with Gasteiger partial charge in [-0.2, -0.15) is 0 Å². The van der Waals surface area contributed by atoms with Crippen molar-refractivity contribution in [3.8, 4) is 0 Å². The van der Waals surface area contributed by atoms with Crippen LogP contribution in [0.15, 0.2) is 0 Å². The van der Waals surface area contributed by atoms with Gasteiger partial charge in [0.1, 0.15) is 18.3 Å². The molecule has 1 heterocycles. The van der Waals surface area contributed by atoms with Crippen molar-refractivity contribution in [2.75, 3.05) is 0 Å². The molecule has 8 nitrogen and oxygen atoms in total. The maximum atomic E-state index is 11.1. The number of hydrogen-bond acceptors (Lipinski definition) is 8. The van der Waals surface area contributed by atoms with Crippen molar-refractivity contribution < 1.29 is 39.5 Å². The summed E-state index contributed by atoms with van der Waals surface area (Å²) in [6, 6.07) is 0. The number of carbonyl (C=O) groups is 2. The van der Waals surface area contributed by atoms with E-state index in [0.29, 0.717) is 0 Å². The number of rotatable bonds is 2. The lowest BCUT2D eigenvalue weighted by Gasteiger charge is -2.43. The molecule has 17 heavy (non-hydrogen) atoms. The number of aliphatic hydroxyl groups excluding tert-OH is 4. The number of carbonyl (C=O) groups excluding carboxylic acids is 2. The van der Waals surface area contributed by atoms with Gasteiger partial charge < -0.3 is 29.9 Å². The summed E-state index contributed by atoms with van der Waals surface area (Å²) in [5.74, 6) is -4.33. The average Bonchev–Trinajstić information content (AvgIpc) is 2.23. The normalized spacial score (nSPS) is 42.0. The third-order valence-electron chi connectivity index (χ3n) is 2.44. The first kappa shape index (κ1) is 14.0. The quantitative estimate of drug-likeness (QED) is 0.306. The SMILES string of the molecule is CC(=O)C(=O)O[C@]1(C)OC(O)[C@@H](O)[C@@H](O)[C@@H]1O. The van der Waals surface area contributed by atoms with Gasteiger partial charge in [-0.1, -0.05) is 0 Å². The fourth-order valence-electron chi connectivity index (χ4n) is 1.39. The predicted octanol–water partition coefficient (Wildman–Crippen LogP) is -2.73. The third-order valence-corrected chi connectivity index (χ3v) is 2.44. The average molecular weight is 250 g/mol. The Hall–Kier alpha value is -1.06. The molecule has 1 aliphatic rings. The van der Waals surface area contributed by atoms with Gasteiger partial charge in [-0.15, -0.1) is 0 Å². The summed E-state index contributed by atoms with van der Waals surface area (Å²) >= 11 is 0. The van der Waals surface area contributed by atoms with Crippen molar-refractivity contribution >= 4 is 11.8 Å². The first-order chi connectivity index (χ1) is 7.69. The predicted molar refractivity (Wildman–Crippen MR) is 50.3 cm³/mol. The highest BCUT2D eigenvalue weighted by Gasteiger charge is 2.53. The van der Waals surface area contributed by atoms with Crippen molar-refractivity contribution in [1.82, 2.24) is 0 Å². The Morgan fingerprint density at radius 2 is 1.71 bits per heavy atom. The molecular formula is C9H14O8. The van der Waals surface area contributed by atoms with E-state index >= 15 is 0 Å². The van der Waals surface area contributed by atoms with E-state index in [0.717, 1.165) is 13.8 Å². The minimum absolute atomic E-state index is 0.933. The molecule has 0 radical (unpaired) electrons. The number of Topliss-reactive ketones (excluding diaryl/α,β-unsaturated/α-hetero) is 1. The van der Waals surface area contributed by atoms with E-state index in [1.54, 1.807) is 0 Å². The molecule has 1 rings (SSSR count). The highest BCUT2D eigenvalue weighted by atomic mass is 16.8. The molecule has 0 aromatic heterocycles. The van der Waals surface area contributed by atoms with Crippen LogP contribution in [-0.2, 0) is 19.1 Å². The molecule has 0 aromatic carbocycles.